The number of anilines is 1. The maximum atomic E-state index is 12.0. The van der Waals surface area contributed by atoms with Gasteiger partial charge in [-0.05, 0) is 37.0 Å². The summed E-state index contributed by atoms with van der Waals surface area (Å²) >= 11 is 0. The molecule has 0 radical (unpaired) electrons. The number of aliphatic carboxylic acids is 1. The van der Waals surface area contributed by atoms with E-state index in [0.717, 1.165) is 36.9 Å². The minimum atomic E-state index is -0.808. The standard InChI is InChI=1S/C16H22N2O3/c17-16(9-1-2-10-16)11-14(19)18-13-6-3-12(4-7-13)5-8-15(20)21/h3-4,6-7H,1-2,5,8-11,17H2,(H,18,19)(H,20,21). The van der Waals surface area contributed by atoms with E-state index in [9.17, 15) is 9.59 Å². The zero-order valence-corrected chi connectivity index (χ0v) is 12.1. The smallest absolute Gasteiger partial charge is 0.303 e. The van der Waals surface area contributed by atoms with Crippen LogP contribution in [0.1, 0.15) is 44.1 Å². The van der Waals surface area contributed by atoms with Gasteiger partial charge in [-0.2, -0.15) is 0 Å². The summed E-state index contributed by atoms with van der Waals surface area (Å²) in [4.78, 5) is 22.5. The first-order valence-electron chi connectivity index (χ1n) is 7.36. The van der Waals surface area contributed by atoms with Gasteiger partial charge < -0.3 is 16.2 Å². The van der Waals surface area contributed by atoms with Gasteiger partial charge in [0.1, 0.15) is 0 Å². The molecule has 1 aliphatic rings. The Morgan fingerprint density at radius 1 is 1.19 bits per heavy atom. The van der Waals surface area contributed by atoms with Crippen LogP contribution < -0.4 is 11.1 Å². The molecule has 114 valence electrons. The average Bonchev–Trinajstić information content (AvgIpc) is 2.84. The number of carboxylic acids is 1. The maximum absolute atomic E-state index is 12.0. The maximum Gasteiger partial charge on any atom is 0.303 e. The molecule has 0 bridgehead atoms. The van der Waals surface area contributed by atoms with E-state index in [0.29, 0.717) is 12.8 Å². The summed E-state index contributed by atoms with van der Waals surface area (Å²) in [6, 6.07) is 7.28. The number of amides is 1. The fraction of sp³-hybridized carbons (Fsp3) is 0.500. The molecule has 1 aromatic carbocycles. The molecule has 1 saturated carbocycles. The third-order valence-corrected chi connectivity index (χ3v) is 3.98. The van der Waals surface area contributed by atoms with E-state index in [4.69, 9.17) is 10.8 Å². The van der Waals surface area contributed by atoms with Crippen LogP contribution in [0.25, 0.3) is 0 Å². The van der Waals surface area contributed by atoms with Gasteiger partial charge in [0.25, 0.3) is 0 Å². The third kappa shape index (κ3) is 4.86. The van der Waals surface area contributed by atoms with Crippen LogP contribution in [0.5, 0.6) is 0 Å². The highest BCUT2D eigenvalue weighted by atomic mass is 16.4. The van der Waals surface area contributed by atoms with Gasteiger partial charge in [-0.15, -0.1) is 0 Å². The quantitative estimate of drug-likeness (QED) is 0.749. The van der Waals surface area contributed by atoms with Crippen LogP contribution in [0.2, 0.25) is 0 Å². The SMILES string of the molecule is NC1(CC(=O)Nc2ccc(CCC(=O)O)cc2)CCCC1. The molecule has 1 fully saturated rings. The molecule has 4 N–H and O–H groups in total. The minimum absolute atomic E-state index is 0.0577. The number of benzene rings is 1. The number of aryl methyl sites for hydroxylation is 1. The second-order valence-corrected chi connectivity index (χ2v) is 5.89. The van der Waals surface area contributed by atoms with Crippen molar-refractivity contribution in [2.45, 2.75) is 50.5 Å². The first-order chi connectivity index (χ1) is 9.97. The summed E-state index contributed by atoms with van der Waals surface area (Å²) in [6.45, 7) is 0. The lowest BCUT2D eigenvalue weighted by molar-refractivity contribution is -0.137. The summed E-state index contributed by atoms with van der Waals surface area (Å²) < 4.78 is 0. The van der Waals surface area contributed by atoms with Crippen LogP contribution in [-0.2, 0) is 16.0 Å². The number of nitrogens with one attached hydrogen (secondary N) is 1. The van der Waals surface area contributed by atoms with Crippen molar-refractivity contribution in [1.82, 2.24) is 0 Å². The van der Waals surface area contributed by atoms with Crippen LogP contribution in [0.15, 0.2) is 24.3 Å². The number of carbonyl (C=O) groups excluding carboxylic acids is 1. The highest BCUT2D eigenvalue weighted by Crippen LogP contribution is 2.30. The number of nitrogens with two attached hydrogens (primary N) is 1. The van der Waals surface area contributed by atoms with E-state index in [2.05, 4.69) is 5.32 Å². The second kappa shape index (κ2) is 6.72. The molecule has 2 rings (SSSR count). The number of rotatable bonds is 6. The molecule has 0 aliphatic heterocycles. The van der Waals surface area contributed by atoms with Crippen molar-refractivity contribution in [3.05, 3.63) is 29.8 Å². The number of hydrogen-bond acceptors (Lipinski definition) is 3. The largest absolute Gasteiger partial charge is 0.481 e. The van der Waals surface area contributed by atoms with E-state index in [-0.39, 0.29) is 17.9 Å². The summed E-state index contributed by atoms with van der Waals surface area (Å²) in [6.07, 6.45) is 4.98. The summed E-state index contributed by atoms with van der Waals surface area (Å²) in [5, 5.41) is 11.5. The van der Waals surface area contributed by atoms with Crippen molar-refractivity contribution in [1.29, 1.82) is 0 Å². The highest BCUT2D eigenvalue weighted by Gasteiger charge is 2.31. The molecule has 21 heavy (non-hydrogen) atoms. The Labute approximate surface area is 124 Å². The van der Waals surface area contributed by atoms with Crippen LogP contribution in [0.4, 0.5) is 5.69 Å². The van der Waals surface area contributed by atoms with Crippen molar-refractivity contribution in [3.63, 3.8) is 0 Å². The van der Waals surface area contributed by atoms with E-state index in [1.165, 1.54) is 0 Å². The van der Waals surface area contributed by atoms with Gasteiger partial charge in [0.15, 0.2) is 0 Å². The molecule has 5 nitrogen and oxygen atoms in total. The summed E-state index contributed by atoms with van der Waals surface area (Å²) in [5.41, 5.74) is 7.52. The molecule has 0 unspecified atom stereocenters. The second-order valence-electron chi connectivity index (χ2n) is 5.89. The molecule has 0 atom stereocenters. The molecule has 5 heteroatoms. The number of hydrogen-bond donors (Lipinski definition) is 3. The van der Waals surface area contributed by atoms with E-state index in [1.807, 2.05) is 12.1 Å². The van der Waals surface area contributed by atoms with Crippen LogP contribution in [-0.4, -0.2) is 22.5 Å². The first-order valence-corrected chi connectivity index (χ1v) is 7.36. The molecular weight excluding hydrogens is 268 g/mol. The monoisotopic (exact) mass is 290 g/mol. The van der Waals surface area contributed by atoms with Gasteiger partial charge in [0.2, 0.25) is 5.91 Å². The van der Waals surface area contributed by atoms with Crippen molar-refractivity contribution in [3.8, 4) is 0 Å². The molecule has 1 aromatic rings. The molecule has 0 saturated heterocycles. The Hall–Kier alpha value is -1.88. The van der Waals surface area contributed by atoms with Gasteiger partial charge in [-0.3, -0.25) is 9.59 Å². The van der Waals surface area contributed by atoms with Crippen LogP contribution in [0, 0.1) is 0 Å². The molecule has 1 aliphatic carbocycles. The van der Waals surface area contributed by atoms with Crippen molar-refractivity contribution < 1.29 is 14.7 Å². The fourth-order valence-corrected chi connectivity index (χ4v) is 2.79. The van der Waals surface area contributed by atoms with Gasteiger partial charge in [-0.25, -0.2) is 0 Å². The Morgan fingerprint density at radius 2 is 1.81 bits per heavy atom. The van der Waals surface area contributed by atoms with E-state index >= 15 is 0 Å². The van der Waals surface area contributed by atoms with Gasteiger partial charge in [0, 0.05) is 24.1 Å². The topological polar surface area (TPSA) is 92.4 Å². The lowest BCUT2D eigenvalue weighted by atomic mass is 9.94. The highest BCUT2D eigenvalue weighted by molar-refractivity contribution is 5.91. The first kappa shape index (κ1) is 15.5. The zero-order valence-electron chi connectivity index (χ0n) is 12.1. The molecule has 0 heterocycles. The van der Waals surface area contributed by atoms with Gasteiger partial charge in [-0.1, -0.05) is 25.0 Å². The Morgan fingerprint density at radius 3 is 2.38 bits per heavy atom. The average molecular weight is 290 g/mol. The lowest BCUT2D eigenvalue weighted by Crippen LogP contribution is -2.40. The van der Waals surface area contributed by atoms with Crippen LogP contribution in [0.3, 0.4) is 0 Å². The predicted molar refractivity (Wildman–Crippen MR) is 81.0 cm³/mol. The molecule has 0 aromatic heterocycles. The van der Waals surface area contributed by atoms with Crippen molar-refractivity contribution in [2.75, 3.05) is 5.32 Å². The number of carbonyl (C=O) groups is 2. The van der Waals surface area contributed by atoms with Gasteiger partial charge in [0.05, 0.1) is 0 Å². The minimum Gasteiger partial charge on any atom is -0.481 e. The van der Waals surface area contributed by atoms with E-state index < -0.39 is 5.97 Å². The zero-order chi connectivity index (χ0) is 15.3. The van der Waals surface area contributed by atoms with Crippen molar-refractivity contribution >= 4 is 17.6 Å². The lowest BCUT2D eigenvalue weighted by Gasteiger charge is -2.22. The van der Waals surface area contributed by atoms with Gasteiger partial charge >= 0.3 is 5.97 Å². The number of carboxylic acid groups (broad SMARTS) is 1. The van der Waals surface area contributed by atoms with Crippen molar-refractivity contribution in [2.24, 2.45) is 5.73 Å². The fourth-order valence-electron chi connectivity index (χ4n) is 2.79. The molecule has 1 amide bonds. The Balaban J connectivity index is 1.85. The normalized spacial score (nSPS) is 16.6. The molecular formula is C16H22N2O3. The summed E-state index contributed by atoms with van der Waals surface area (Å²) in [7, 11) is 0. The molecule has 0 spiro atoms. The predicted octanol–water partition coefficient (Wildman–Crippen LogP) is 2.30. The Kier molecular flexibility index (Phi) is 4.96. The Bertz CT molecular complexity index is 505. The van der Waals surface area contributed by atoms with Crippen LogP contribution >= 0.6 is 0 Å². The summed E-state index contributed by atoms with van der Waals surface area (Å²) in [5.74, 6) is -0.866. The van der Waals surface area contributed by atoms with E-state index in [1.54, 1.807) is 12.1 Å². The third-order valence-electron chi connectivity index (χ3n) is 3.98.